The van der Waals surface area contributed by atoms with Crippen LogP contribution in [0, 0.1) is 0 Å². The van der Waals surface area contributed by atoms with E-state index in [2.05, 4.69) is 10.1 Å². The Morgan fingerprint density at radius 1 is 1.36 bits per heavy atom. The van der Waals surface area contributed by atoms with Gasteiger partial charge in [0.2, 0.25) is 5.89 Å². The maximum atomic E-state index is 12.4. The van der Waals surface area contributed by atoms with E-state index in [0.29, 0.717) is 11.5 Å². The lowest BCUT2D eigenvalue weighted by molar-refractivity contribution is 0.0729. The second-order valence-corrected chi connectivity index (χ2v) is 6.17. The van der Waals surface area contributed by atoms with Crippen molar-refractivity contribution in [3.8, 4) is 0 Å². The molecular formula is C16H19N3O3. The molecule has 0 bridgehead atoms. The first-order valence-corrected chi connectivity index (χ1v) is 7.97. The van der Waals surface area contributed by atoms with Crippen LogP contribution in [0.25, 0.3) is 0 Å². The van der Waals surface area contributed by atoms with Crippen LogP contribution in [0.4, 0.5) is 0 Å². The molecule has 1 atom stereocenters. The van der Waals surface area contributed by atoms with Gasteiger partial charge in [0.25, 0.3) is 5.91 Å². The summed E-state index contributed by atoms with van der Waals surface area (Å²) < 4.78 is 10.3. The van der Waals surface area contributed by atoms with E-state index in [9.17, 15) is 4.79 Å². The molecular weight excluding hydrogens is 282 g/mol. The highest BCUT2D eigenvalue weighted by Gasteiger charge is 2.31. The van der Waals surface area contributed by atoms with E-state index < -0.39 is 0 Å². The summed E-state index contributed by atoms with van der Waals surface area (Å²) in [5.41, 5.74) is 0.627. The summed E-state index contributed by atoms with van der Waals surface area (Å²) in [7, 11) is 0. The second kappa shape index (κ2) is 5.59. The molecule has 2 fully saturated rings. The van der Waals surface area contributed by atoms with Crippen molar-refractivity contribution in [3.63, 3.8) is 0 Å². The van der Waals surface area contributed by atoms with E-state index in [1.54, 1.807) is 6.07 Å². The molecule has 22 heavy (non-hydrogen) atoms. The average molecular weight is 301 g/mol. The van der Waals surface area contributed by atoms with Crippen LogP contribution >= 0.6 is 0 Å². The number of hydrogen-bond donors (Lipinski definition) is 0. The maximum Gasteiger partial charge on any atom is 0.257 e. The van der Waals surface area contributed by atoms with E-state index in [-0.39, 0.29) is 11.9 Å². The SMILES string of the molecule is O=C(c1ccoc1)N1CCCC1CCc1noc(C2CC2)n1. The highest BCUT2D eigenvalue weighted by Crippen LogP contribution is 2.38. The van der Waals surface area contributed by atoms with Gasteiger partial charge in [-0.15, -0.1) is 0 Å². The van der Waals surface area contributed by atoms with Crippen LogP contribution < -0.4 is 0 Å². The van der Waals surface area contributed by atoms with Gasteiger partial charge in [-0.25, -0.2) is 0 Å². The summed E-state index contributed by atoms with van der Waals surface area (Å²) in [6.07, 6.45) is 9.11. The second-order valence-electron chi connectivity index (χ2n) is 6.17. The van der Waals surface area contributed by atoms with Gasteiger partial charge in [0.05, 0.1) is 11.8 Å². The molecule has 1 saturated heterocycles. The van der Waals surface area contributed by atoms with Crippen molar-refractivity contribution in [1.29, 1.82) is 0 Å². The average Bonchev–Trinajstić information content (AvgIpc) is 3.02. The molecule has 1 saturated carbocycles. The minimum absolute atomic E-state index is 0.0584. The third-order valence-electron chi connectivity index (χ3n) is 4.52. The van der Waals surface area contributed by atoms with E-state index in [1.807, 2.05) is 4.90 Å². The van der Waals surface area contributed by atoms with Crippen LogP contribution in [-0.2, 0) is 6.42 Å². The van der Waals surface area contributed by atoms with Crippen molar-refractivity contribution in [1.82, 2.24) is 15.0 Å². The fourth-order valence-corrected chi connectivity index (χ4v) is 3.12. The Hall–Kier alpha value is -2.11. The van der Waals surface area contributed by atoms with Crippen molar-refractivity contribution in [2.45, 2.75) is 50.5 Å². The molecule has 2 aliphatic rings. The molecule has 1 aliphatic heterocycles. The number of amides is 1. The number of rotatable bonds is 5. The number of carbonyl (C=O) groups is 1. The lowest BCUT2D eigenvalue weighted by Crippen LogP contribution is -2.35. The largest absolute Gasteiger partial charge is 0.472 e. The Morgan fingerprint density at radius 2 is 2.27 bits per heavy atom. The minimum atomic E-state index is 0.0584. The number of furan rings is 1. The first-order chi connectivity index (χ1) is 10.8. The van der Waals surface area contributed by atoms with E-state index in [1.165, 1.54) is 12.5 Å². The van der Waals surface area contributed by atoms with E-state index in [4.69, 9.17) is 8.94 Å². The summed E-state index contributed by atoms with van der Waals surface area (Å²) in [6.45, 7) is 0.814. The van der Waals surface area contributed by atoms with Crippen LogP contribution in [0.5, 0.6) is 0 Å². The van der Waals surface area contributed by atoms with Crippen molar-refractivity contribution < 1.29 is 13.7 Å². The van der Waals surface area contributed by atoms with Crippen molar-refractivity contribution in [2.75, 3.05) is 6.54 Å². The lowest BCUT2D eigenvalue weighted by Gasteiger charge is -2.23. The number of carbonyl (C=O) groups excluding carboxylic acids is 1. The molecule has 1 aliphatic carbocycles. The van der Waals surface area contributed by atoms with Gasteiger partial charge < -0.3 is 13.8 Å². The summed E-state index contributed by atoms with van der Waals surface area (Å²) in [4.78, 5) is 18.9. The highest BCUT2D eigenvalue weighted by atomic mass is 16.5. The molecule has 3 heterocycles. The summed E-state index contributed by atoms with van der Waals surface area (Å²) in [6, 6.07) is 1.98. The molecule has 4 rings (SSSR count). The van der Waals surface area contributed by atoms with Gasteiger partial charge in [-0.3, -0.25) is 4.79 Å². The normalized spacial score (nSPS) is 21.5. The van der Waals surface area contributed by atoms with Gasteiger partial charge in [0.15, 0.2) is 5.82 Å². The van der Waals surface area contributed by atoms with Crippen LogP contribution in [0.15, 0.2) is 27.5 Å². The minimum Gasteiger partial charge on any atom is -0.472 e. The van der Waals surface area contributed by atoms with Crippen LogP contribution in [0.3, 0.4) is 0 Å². The van der Waals surface area contributed by atoms with Crippen molar-refractivity contribution >= 4 is 5.91 Å². The topological polar surface area (TPSA) is 72.4 Å². The van der Waals surface area contributed by atoms with E-state index in [0.717, 1.165) is 56.8 Å². The monoisotopic (exact) mass is 301 g/mol. The molecule has 2 aromatic heterocycles. The fourth-order valence-electron chi connectivity index (χ4n) is 3.12. The molecule has 0 radical (unpaired) electrons. The predicted molar refractivity (Wildman–Crippen MR) is 77.4 cm³/mol. The molecule has 2 aromatic rings. The number of hydrogen-bond acceptors (Lipinski definition) is 5. The summed E-state index contributed by atoms with van der Waals surface area (Å²) in [5.74, 6) is 2.10. The third kappa shape index (κ3) is 2.65. The molecule has 0 N–H and O–H groups in total. The zero-order valence-corrected chi connectivity index (χ0v) is 12.4. The summed E-state index contributed by atoms with van der Waals surface area (Å²) in [5, 5.41) is 4.05. The number of aromatic nitrogens is 2. The van der Waals surface area contributed by atoms with Crippen LogP contribution in [0.2, 0.25) is 0 Å². The van der Waals surface area contributed by atoms with Crippen LogP contribution in [0.1, 0.15) is 60.1 Å². The molecule has 0 aromatic carbocycles. The molecule has 6 nitrogen and oxygen atoms in total. The quantitative estimate of drug-likeness (QED) is 0.849. The molecule has 116 valence electrons. The Bertz CT molecular complexity index is 645. The Morgan fingerprint density at radius 3 is 3.05 bits per heavy atom. The van der Waals surface area contributed by atoms with Gasteiger partial charge in [-0.05, 0) is 38.2 Å². The Balaban J connectivity index is 1.37. The number of aryl methyl sites for hydroxylation is 1. The standard InChI is InChI=1S/C16H19N3O3/c20-16(12-7-9-21-10-12)19-8-1-2-13(19)5-6-14-17-15(22-18-14)11-3-4-11/h7,9-11,13H,1-6,8H2. The smallest absolute Gasteiger partial charge is 0.257 e. The van der Waals surface area contributed by atoms with Crippen molar-refractivity contribution in [2.24, 2.45) is 0 Å². The number of nitrogens with zero attached hydrogens (tertiary/aromatic N) is 3. The molecule has 0 spiro atoms. The zero-order valence-electron chi connectivity index (χ0n) is 12.4. The van der Waals surface area contributed by atoms with Gasteiger partial charge in [0, 0.05) is 24.9 Å². The lowest BCUT2D eigenvalue weighted by atomic mass is 10.1. The van der Waals surface area contributed by atoms with Gasteiger partial charge in [-0.1, -0.05) is 5.16 Å². The van der Waals surface area contributed by atoms with Gasteiger partial charge >= 0.3 is 0 Å². The first-order valence-electron chi connectivity index (χ1n) is 7.97. The Labute approximate surface area is 128 Å². The first kappa shape index (κ1) is 13.5. The van der Waals surface area contributed by atoms with Crippen LogP contribution in [-0.4, -0.2) is 33.5 Å². The van der Waals surface area contributed by atoms with E-state index >= 15 is 0 Å². The molecule has 1 unspecified atom stereocenters. The van der Waals surface area contributed by atoms with Gasteiger partial charge in [0.1, 0.15) is 6.26 Å². The molecule has 1 amide bonds. The fraction of sp³-hybridized carbons (Fsp3) is 0.562. The number of likely N-dealkylation sites (tertiary alicyclic amines) is 1. The maximum absolute atomic E-state index is 12.4. The molecule has 6 heteroatoms. The third-order valence-corrected chi connectivity index (χ3v) is 4.52. The highest BCUT2D eigenvalue weighted by molar-refractivity contribution is 5.94. The van der Waals surface area contributed by atoms with Gasteiger partial charge in [-0.2, -0.15) is 4.98 Å². The Kier molecular flexibility index (Phi) is 3.44. The van der Waals surface area contributed by atoms with Crippen molar-refractivity contribution in [3.05, 3.63) is 35.9 Å². The predicted octanol–water partition coefficient (Wildman–Crippen LogP) is 2.78. The zero-order chi connectivity index (χ0) is 14.9. The summed E-state index contributed by atoms with van der Waals surface area (Å²) >= 11 is 0.